The minimum absolute atomic E-state index is 0.513. The van der Waals surface area contributed by atoms with Crippen molar-refractivity contribution in [3.8, 4) is 0 Å². The highest BCUT2D eigenvalue weighted by molar-refractivity contribution is 5.25. The van der Waals surface area contributed by atoms with Crippen LogP contribution < -0.4 is 5.32 Å². The van der Waals surface area contributed by atoms with E-state index in [2.05, 4.69) is 30.4 Å². The topological polar surface area (TPSA) is 45.4 Å². The number of benzene rings is 1. The average molecular weight is 245 g/mol. The zero-order valence-electron chi connectivity index (χ0n) is 10.6. The van der Waals surface area contributed by atoms with Gasteiger partial charge in [0.15, 0.2) is 0 Å². The van der Waals surface area contributed by atoms with Crippen LogP contribution in [0.15, 0.2) is 47.1 Å². The van der Waals surface area contributed by atoms with Crippen LogP contribution in [0.3, 0.4) is 0 Å². The third-order valence-corrected chi connectivity index (χ3v) is 3.04. The Morgan fingerprint density at radius 1 is 1.22 bits per heavy atom. The van der Waals surface area contributed by atoms with Crippen molar-refractivity contribution in [1.82, 2.24) is 5.32 Å². The normalized spacial score (nSPS) is 12.6. The first-order valence-electron chi connectivity index (χ1n) is 6.24. The summed E-state index contributed by atoms with van der Waals surface area (Å²) in [7, 11) is 0. The smallest absolute Gasteiger partial charge is 0.133 e. The molecule has 1 unspecified atom stereocenters. The molecular weight excluding hydrogens is 226 g/mol. The first kappa shape index (κ1) is 12.9. The van der Waals surface area contributed by atoms with Gasteiger partial charge in [-0.2, -0.15) is 0 Å². The summed E-state index contributed by atoms with van der Waals surface area (Å²) in [4.78, 5) is 0. The molecule has 2 N–H and O–H groups in total. The number of rotatable bonds is 6. The standard InChI is InChI=1S/C15H19NO2/c1-12-5-2-3-6-13(12)8-9-16-11-14(17)15-7-4-10-18-15/h2-7,10,14,16-17H,8-9,11H2,1H3. The lowest BCUT2D eigenvalue weighted by atomic mass is 10.1. The van der Waals surface area contributed by atoms with Crippen LogP contribution in [0.4, 0.5) is 0 Å². The van der Waals surface area contributed by atoms with Gasteiger partial charge in [0.1, 0.15) is 11.9 Å². The minimum Gasteiger partial charge on any atom is -0.467 e. The lowest BCUT2D eigenvalue weighted by Gasteiger charge is -2.10. The van der Waals surface area contributed by atoms with Gasteiger partial charge in [-0.25, -0.2) is 0 Å². The van der Waals surface area contributed by atoms with Crippen molar-refractivity contribution in [2.24, 2.45) is 0 Å². The number of hydrogen-bond acceptors (Lipinski definition) is 3. The molecule has 0 aliphatic heterocycles. The molecule has 3 heteroatoms. The number of nitrogens with one attached hydrogen (secondary N) is 1. The maximum absolute atomic E-state index is 9.80. The predicted molar refractivity (Wildman–Crippen MR) is 71.4 cm³/mol. The lowest BCUT2D eigenvalue weighted by Crippen LogP contribution is -2.23. The molecule has 0 bridgehead atoms. The molecule has 0 radical (unpaired) electrons. The van der Waals surface area contributed by atoms with Crippen molar-refractivity contribution >= 4 is 0 Å². The summed E-state index contributed by atoms with van der Waals surface area (Å²) in [6, 6.07) is 11.9. The number of aliphatic hydroxyl groups is 1. The molecule has 0 fully saturated rings. The zero-order chi connectivity index (χ0) is 12.8. The molecule has 96 valence electrons. The van der Waals surface area contributed by atoms with Gasteiger partial charge in [-0.15, -0.1) is 0 Å². The minimum atomic E-state index is -0.572. The van der Waals surface area contributed by atoms with Crippen LogP contribution in [0.5, 0.6) is 0 Å². The fraction of sp³-hybridized carbons (Fsp3) is 0.333. The summed E-state index contributed by atoms with van der Waals surface area (Å²) >= 11 is 0. The molecule has 2 aromatic rings. The second-order valence-electron chi connectivity index (χ2n) is 4.41. The van der Waals surface area contributed by atoms with E-state index >= 15 is 0 Å². The number of aliphatic hydroxyl groups excluding tert-OH is 1. The summed E-state index contributed by atoms with van der Waals surface area (Å²) in [6.07, 6.45) is 1.97. The summed E-state index contributed by atoms with van der Waals surface area (Å²) < 4.78 is 5.14. The molecule has 1 aromatic carbocycles. The monoisotopic (exact) mass is 245 g/mol. The molecule has 18 heavy (non-hydrogen) atoms. The Morgan fingerprint density at radius 2 is 2.06 bits per heavy atom. The van der Waals surface area contributed by atoms with Crippen molar-refractivity contribution in [1.29, 1.82) is 0 Å². The first-order valence-corrected chi connectivity index (χ1v) is 6.24. The van der Waals surface area contributed by atoms with Gasteiger partial charge in [0.25, 0.3) is 0 Å². The molecule has 1 atom stereocenters. The van der Waals surface area contributed by atoms with Gasteiger partial charge in [0, 0.05) is 6.54 Å². The van der Waals surface area contributed by atoms with Crippen molar-refractivity contribution in [2.45, 2.75) is 19.4 Å². The van der Waals surface area contributed by atoms with Crippen LogP contribution in [0, 0.1) is 6.92 Å². The molecule has 1 aromatic heterocycles. The Bertz CT molecular complexity index is 465. The molecule has 0 saturated heterocycles. The first-order chi connectivity index (χ1) is 8.77. The van der Waals surface area contributed by atoms with E-state index in [1.165, 1.54) is 11.1 Å². The zero-order valence-corrected chi connectivity index (χ0v) is 10.6. The Balaban J connectivity index is 1.72. The van der Waals surface area contributed by atoms with Crippen LogP contribution in [0.1, 0.15) is 23.0 Å². The van der Waals surface area contributed by atoms with Gasteiger partial charge < -0.3 is 14.8 Å². The molecule has 0 amide bonds. The highest BCUT2D eigenvalue weighted by Crippen LogP contribution is 2.11. The molecule has 0 aliphatic rings. The van der Waals surface area contributed by atoms with Crippen molar-refractivity contribution in [3.05, 3.63) is 59.5 Å². The van der Waals surface area contributed by atoms with Gasteiger partial charge in [-0.3, -0.25) is 0 Å². The third kappa shape index (κ3) is 3.45. The molecule has 0 saturated carbocycles. The average Bonchev–Trinajstić information content (AvgIpc) is 2.90. The second kappa shape index (κ2) is 6.38. The maximum atomic E-state index is 9.80. The molecule has 0 spiro atoms. The van der Waals surface area contributed by atoms with E-state index in [1.807, 2.05) is 6.07 Å². The fourth-order valence-electron chi connectivity index (χ4n) is 1.93. The maximum Gasteiger partial charge on any atom is 0.133 e. The fourth-order valence-corrected chi connectivity index (χ4v) is 1.93. The molecule has 0 aliphatic carbocycles. The van der Waals surface area contributed by atoms with Crippen molar-refractivity contribution in [2.75, 3.05) is 13.1 Å². The Labute approximate surface area is 107 Å². The molecular formula is C15H19NO2. The van der Waals surface area contributed by atoms with Gasteiger partial charge in [-0.05, 0) is 43.1 Å². The highest BCUT2D eigenvalue weighted by Gasteiger charge is 2.09. The van der Waals surface area contributed by atoms with Gasteiger partial charge in [-0.1, -0.05) is 24.3 Å². The van der Waals surface area contributed by atoms with Crippen molar-refractivity contribution in [3.63, 3.8) is 0 Å². The third-order valence-electron chi connectivity index (χ3n) is 3.04. The highest BCUT2D eigenvalue weighted by atomic mass is 16.4. The van der Waals surface area contributed by atoms with Crippen LogP contribution in [-0.2, 0) is 6.42 Å². The second-order valence-corrected chi connectivity index (χ2v) is 4.41. The predicted octanol–water partition coefficient (Wildman–Crippen LogP) is 2.45. The number of aryl methyl sites for hydroxylation is 1. The van der Waals surface area contributed by atoms with E-state index in [0.717, 1.165) is 13.0 Å². The van der Waals surface area contributed by atoms with Crippen LogP contribution in [-0.4, -0.2) is 18.2 Å². The molecule has 1 heterocycles. The summed E-state index contributed by atoms with van der Waals surface area (Å²) in [5.41, 5.74) is 2.66. The number of hydrogen-bond donors (Lipinski definition) is 2. The van der Waals surface area contributed by atoms with Gasteiger partial charge >= 0.3 is 0 Å². The lowest BCUT2D eigenvalue weighted by molar-refractivity contribution is 0.148. The molecule has 3 nitrogen and oxygen atoms in total. The van der Waals surface area contributed by atoms with Gasteiger partial charge in [0.2, 0.25) is 0 Å². The molecule has 2 rings (SSSR count). The van der Waals surface area contributed by atoms with E-state index in [0.29, 0.717) is 12.3 Å². The summed E-state index contributed by atoms with van der Waals surface area (Å²) in [5, 5.41) is 13.0. The van der Waals surface area contributed by atoms with E-state index < -0.39 is 6.10 Å². The summed E-state index contributed by atoms with van der Waals surface area (Å²) in [5.74, 6) is 0.610. The van der Waals surface area contributed by atoms with Crippen molar-refractivity contribution < 1.29 is 9.52 Å². The van der Waals surface area contributed by atoms with E-state index in [1.54, 1.807) is 18.4 Å². The van der Waals surface area contributed by atoms with Gasteiger partial charge in [0.05, 0.1) is 6.26 Å². The summed E-state index contributed by atoms with van der Waals surface area (Å²) in [6.45, 7) is 3.48. The Morgan fingerprint density at radius 3 is 2.78 bits per heavy atom. The number of furan rings is 1. The van der Waals surface area contributed by atoms with Crippen LogP contribution in [0.25, 0.3) is 0 Å². The largest absolute Gasteiger partial charge is 0.467 e. The SMILES string of the molecule is Cc1ccccc1CCNCC(O)c1ccco1. The Kier molecular flexibility index (Phi) is 4.56. The van der Waals surface area contributed by atoms with Crippen LogP contribution in [0.2, 0.25) is 0 Å². The Hall–Kier alpha value is -1.58. The van der Waals surface area contributed by atoms with Crippen LogP contribution >= 0.6 is 0 Å². The van der Waals surface area contributed by atoms with E-state index in [4.69, 9.17) is 4.42 Å². The quantitative estimate of drug-likeness (QED) is 0.768. The van der Waals surface area contributed by atoms with E-state index in [-0.39, 0.29) is 0 Å². The van der Waals surface area contributed by atoms with E-state index in [9.17, 15) is 5.11 Å².